The quantitative estimate of drug-likeness (QED) is 0.836. The molecule has 1 aliphatic rings. The van der Waals surface area contributed by atoms with Crippen molar-refractivity contribution in [3.63, 3.8) is 0 Å². The van der Waals surface area contributed by atoms with E-state index in [1.807, 2.05) is 0 Å². The summed E-state index contributed by atoms with van der Waals surface area (Å²) in [4.78, 5) is 14.5. The molecule has 1 aliphatic heterocycles. The largest absolute Gasteiger partial charge is 0.340 e. The van der Waals surface area contributed by atoms with Gasteiger partial charge < -0.3 is 10.2 Å². The molecule has 3 heteroatoms. The Balaban J connectivity index is 2.56. The van der Waals surface area contributed by atoms with Crippen LogP contribution < -0.4 is 5.32 Å². The second kappa shape index (κ2) is 6.55. The number of carbonyl (C=O) groups is 1. The molecule has 18 heavy (non-hydrogen) atoms. The summed E-state index contributed by atoms with van der Waals surface area (Å²) < 4.78 is 0. The molecular weight excluding hydrogens is 224 g/mol. The van der Waals surface area contributed by atoms with Gasteiger partial charge in [-0.3, -0.25) is 4.79 Å². The molecule has 1 fully saturated rings. The molecule has 1 N–H and O–H groups in total. The highest BCUT2D eigenvalue weighted by Crippen LogP contribution is 2.29. The second-order valence-electron chi connectivity index (χ2n) is 6.63. The Hall–Kier alpha value is -0.570. The van der Waals surface area contributed by atoms with Gasteiger partial charge in [0.05, 0.1) is 0 Å². The fourth-order valence-electron chi connectivity index (χ4n) is 2.44. The van der Waals surface area contributed by atoms with Gasteiger partial charge >= 0.3 is 0 Å². The van der Waals surface area contributed by atoms with Crippen molar-refractivity contribution in [2.75, 3.05) is 19.6 Å². The number of hydrogen-bond donors (Lipinski definition) is 1. The topological polar surface area (TPSA) is 32.3 Å². The Morgan fingerprint density at radius 3 is 2.33 bits per heavy atom. The molecule has 1 rings (SSSR count). The monoisotopic (exact) mass is 254 g/mol. The van der Waals surface area contributed by atoms with Crippen molar-refractivity contribution in [2.45, 2.75) is 59.9 Å². The SMILES string of the molecule is CCN(C(=O)CC(C)C(C)(C)C)C1CCNCC1. The first-order valence-electron chi connectivity index (χ1n) is 7.36. The maximum atomic E-state index is 12.4. The lowest BCUT2D eigenvalue weighted by Crippen LogP contribution is -2.46. The summed E-state index contributed by atoms with van der Waals surface area (Å²) in [6.45, 7) is 13.9. The van der Waals surface area contributed by atoms with Crippen LogP contribution in [0.3, 0.4) is 0 Å². The van der Waals surface area contributed by atoms with E-state index in [2.05, 4.69) is 44.8 Å². The molecule has 0 bridgehead atoms. The second-order valence-corrected chi connectivity index (χ2v) is 6.63. The van der Waals surface area contributed by atoms with Gasteiger partial charge in [-0.2, -0.15) is 0 Å². The summed E-state index contributed by atoms with van der Waals surface area (Å²) in [6, 6.07) is 0.455. The number of nitrogens with zero attached hydrogens (tertiary/aromatic N) is 1. The van der Waals surface area contributed by atoms with Crippen LogP contribution in [0.15, 0.2) is 0 Å². The molecule has 0 aliphatic carbocycles. The third-order valence-corrected chi connectivity index (χ3v) is 4.37. The number of rotatable bonds is 4. The van der Waals surface area contributed by atoms with Gasteiger partial charge in [0.1, 0.15) is 0 Å². The van der Waals surface area contributed by atoms with Crippen molar-refractivity contribution in [3.05, 3.63) is 0 Å². The fraction of sp³-hybridized carbons (Fsp3) is 0.933. The molecule has 1 amide bonds. The van der Waals surface area contributed by atoms with E-state index < -0.39 is 0 Å². The van der Waals surface area contributed by atoms with Crippen molar-refractivity contribution in [1.82, 2.24) is 10.2 Å². The van der Waals surface area contributed by atoms with E-state index in [1.54, 1.807) is 0 Å². The lowest BCUT2D eigenvalue weighted by Gasteiger charge is -2.36. The van der Waals surface area contributed by atoms with Crippen LogP contribution in [0.1, 0.15) is 53.9 Å². The third-order valence-electron chi connectivity index (χ3n) is 4.37. The maximum Gasteiger partial charge on any atom is 0.223 e. The van der Waals surface area contributed by atoms with Gasteiger partial charge in [-0.15, -0.1) is 0 Å². The van der Waals surface area contributed by atoms with Crippen molar-refractivity contribution in [2.24, 2.45) is 11.3 Å². The summed E-state index contributed by atoms with van der Waals surface area (Å²) in [5, 5.41) is 3.36. The predicted octanol–water partition coefficient (Wildman–Crippen LogP) is 2.66. The van der Waals surface area contributed by atoms with E-state index in [1.165, 1.54) is 0 Å². The molecule has 1 unspecified atom stereocenters. The molecule has 0 aromatic carbocycles. The van der Waals surface area contributed by atoms with Gasteiger partial charge in [0.2, 0.25) is 5.91 Å². The fourth-order valence-corrected chi connectivity index (χ4v) is 2.44. The third kappa shape index (κ3) is 4.27. The molecule has 0 saturated carbocycles. The number of amides is 1. The Bertz CT molecular complexity index is 264. The highest BCUT2D eigenvalue weighted by molar-refractivity contribution is 5.76. The summed E-state index contributed by atoms with van der Waals surface area (Å²) in [5.41, 5.74) is 0.211. The molecule has 106 valence electrons. The normalized spacial score (nSPS) is 19.6. The number of carbonyl (C=O) groups excluding carboxylic acids is 1. The van der Waals surface area contributed by atoms with Crippen molar-refractivity contribution in [1.29, 1.82) is 0 Å². The highest BCUT2D eigenvalue weighted by Gasteiger charge is 2.28. The molecule has 0 aromatic heterocycles. The summed E-state index contributed by atoms with van der Waals surface area (Å²) in [5.74, 6) is 0.771. The summed E-state index contributed by atoms with van der Waals surface area (Å²) in [6.07, 6.45) is 2.88. The summed E-state index contributed by atoms with van der Waals surface area (Å²) in [7, 11) is 0. The number of nitrogens with one attached hydrogen (secondary N) is 1. The van der Waals surface area contributed by atoms with Crippen molar-refractivity contribution < 1.29 is 4.79 Å². The van der Waals surface area contributed by atoms with Crippen LogP contribution in [0, 0.1) is 11.3 Å². The Morgan fingerprint density at radius 2 is 1.89 bits per heavy atom. The average Bonchev–Trinajstić information content (AvgIpc) is 2.30. The molecule has 1 atom stereocenters. The zero-order valence-electron chi connectivity index (χ0n) is 12.8. The number of piperidine rings is 1. The van der Waals surface area contributed by atoms with Crippen LogP contribution in [-0.2, 0) is 4.79 Å². The molecule has 0 aromatic rings. The average molecular weight is 254 g/mol. The minimum absolute atomic E-state index is 0.211. The zero-order chi connectivity index (χ0) is 13.8. The predicted molar refractivity (Wildman–Crippen MR) is 76.5 cm³/mol. The van der Waals surface area contributed by atoms with Crippen LogP contribution in [-0.4, -0.2) is 36.5 Å². The minimum atomic E-state index is 0.211. The van der Waals surface area contributed by atoms with Gasteiger partial charge in [-0.25, -0.2) is 0 Å². The lowest BCUT2D eigenvalue weighted by atomic mass is 9.80. The van der Waals surface area contributed by atoms with Gasteiger partial charge in [0.15, 0.2) is 0 Å². The first-order valence-corrected chi connectivity index (χ1v) is 7.36. The van der Waals surface area contributed by atoms with E-state index in [4.69, 9.17) is 0 Å². The Morgan fingerprint density at radius 1 is 1.33 bits per heavy atom. The molecule has 0 radical (unpaired) electrons. The van der Waals surface area contributed by atoms with Gasteiger partial charge in [0.25, 0.3) is 0 Å². The van der Waals surface area contributed by atoms with E-state index in [0.717, 1.165) is 32.5 Å². The molecule has 1 heterocycles. The van der Waals surface area contributed by atoms with Gasteiger partial charge in [0, 0.05) is 19.0 Å². The van der Waals surface area contributed by atoms with Gasteiger partial charge in [-0.05, 0) is 44.2 Å². The smallest absolute Gasteiger partial charge is 0.223 e. The molecule has 3 nitrogen and oxygen atoms in total. The zero-order valence-corrected chi connectivity index (χ0v) is 12.8. The Kier molecular flexibility index (Phi) is 5.64. The lowest BCUT2D eigenvalue weighted by molar-refractivity contribution is -0.135. The molecular formula is C15H30N2O. The van der Waals surface area contributed by atoms with E-state index in [9.17, 15) is 4.79 Å². The number of hydrogen-bond acceptors (Lipinski definition) is 2. The van der Waals surface area contributed by atoms with Crippen LogP contribution in [0.2, 0.25) is 0 Å². The van der Waals surface area contributed by atoms with Crippen LogP contribution >= 0.6 is 0 Å². The van der Waals surface area contributed by atoms with Crippen molar-refractivity contribution >= 4 is 5.91 Å². The molecule has 0 spiro atoms. The summed E-state index contributed by atoms with van der Waals surface area (Å²) >= 11 is 0. The van der Waals surface area contributed by atoms with E-state index in [0.29, 0.717) is 24.3 Å². The van der Waals surface area contributed by atoms with E-state index in [-0.39, 0.29) is 5.41 Å². The van der Waals surface area contributed by atoms with Crippen LogP contribution in [0.4, 0.5) is 0 Å². The standard InChI is InChI=1S/C15H30N2O/c1-6-17(13-7-9-16-10-8-13)14(18)11-12(2)15(3,4)5/h12-13,16H,6-11H2,1-5H3. The first-order chi connectivity index (χ1) is 8.36. The maximum absolute atomic E-state index is 12.4. The van der Waals surface area contributed by atoms with E-state index >= 15 is 0 Å². The van der Waals surface area contributed by atoms with Crippen molar-refractivity contribution in [3.8, 4) is 0 Å². The highest BCUT2D eigenvalue weighted by atomic mass is 16.2. The first kappa shape index (κ1) is 15.5. The minimum Gasteiger partial charge on any atom is -0.340 e. The molecule has 1 saturated heterocycles. The van der Waals surface area contributed by atoms with Crippen LogP contribution in [0.5, 0.6) is 0 Å². The Labute approximate surface area is 112 Å². The van der Waals surface area contributed by atoms with Crippen LogP contribution in [0.25, 0.3) is 0 Å². The van der Waals surface area contributed by atoms with Gasteiger partial charge in [-0.1, -0.05) is 27.7 Å².